The van der Waals surface area contributed by atoms with Gasteiger partial charge in [-0.3, -0.25) is 14.7 Å². The normalized spacial score (nSPS) is 15.9. The van der Waals surface area contributed by atoms with E-state index in [-0.39, 0.29) is 18.3 Å². The lowest BCUT2D eigenvalue weighted by Gasteiger charge is -2.20. The molecule has 10 nitrogen and oxygen atoms in total. The molecule has 5 rings (SSSR count). The van der Waals surface area contributed by atoms with Gasteiger partial charge in [-0.05, 0) is 11.6 Å². The predicted molar refractivity (Wildman–Crippen MR) is 117 cm³/mol. The Morgan fingerprint density at radius 3 is 2.94 bits per heavy atom. The first-order valence-corrected chi connectivity index (χ1v) is 10.2. The zero-order chi connectivity index (χ0) is 22.2. The van der Waals surface area contributed by atoms with Crippen molar-refractivity contribution in [3.8, 4) is 5.75 Å². The number of rotatable bonds is 4. The molecule has 2 N–H and O–H groups in total. The zero-order valence-corrected chi connectivity index (χ0v) is 17.7. The molecule has 32 heavy (non-hydrogen) atoms. The summed E-state index contributed by atoms with van der Waals surface area (Å²) in [5.74, 6) is -0.446. The maximum atomic E-state index is 13.0. The second kappa shape index (κ2) is 7.97. The van der Waals surface area contributed by atoms with Crippen molar-refractivity contribution < 1.29 is 14.3 Å². The molecular weight excluding hydrogens is 434 g/mol. The molecule has 0 saturated heterocycles. The molecule has 2 aromatic heterocycles. The molecule has 11 heteroatoms. The first-order valence-electron chi connectivity index (χ1n) is 9.82. The van der Waals surface area contributed by atoms with Crippen molar-refractivity contribution >= 4 is 40.0 Å². The Morgan fingerprint density at radius 2 is 2.12 bits per heavy atom. The van der Waals surface area contributed by atoms with Crippen LogP contribution in [0, 0.1) is 0 Å². The third-order valence-electron chi connectivity index (χ3n) is 5.22. The number of fused-ring (bicyclic) bond motifs is 2. The summed E-state index contributed by atoms with van der Waals surface area (Å²) in [6.45, 7) is 0.436. The average Bonchev–Trinajstić information content (AvgIpc) is 3.39. The number of carbonyl (C=O) groups is 2. The Kier molecular flexibility index (Phi) is 4.98. The van der Waals surface area contributed by atoms with E-state index in [1.807, 2.05) is 30.3 Å². The number of halogens is 1. The van der Waals surface area contributed by atoms with Gasteiger partial charge in [-0.25, -0.2) is 9.67 Å². The fraction of sp³-hybridized carbons (Fsp3) is 0.190. The molecule has 1 aliphatic rings. The number of hydrogen-bond donors (Lipinski definition) is 2. The molecule has 2 amide bonds. The van der Waals surface area contributed by atoms with Gasteiger partial charge in [-0.2, -0.15) is 5.10 Å². The van der Waals surface area contributed by atoms with E-state index in [1.165, 1.54) is 11.2 Å². The highest BCUT2D eigenvalue weighted by Crippen LogP contribution is 2.36. The standard InChI is InChI=1S/C21H18ClN7O3/c1-28-16-7-13-14(25-26-18(13)22)8-17(16)32-10-15(21(28)31)24-20(30)19-23-11-29(27-19)9-12-5-3-2-4-6-12/h2-8,11,15H,9-10H2,1H3,(H,24,30)(H,25,26)/t15-/m0/s1. The van der Waals surface area contributed by atoms with Crippen molar-refractivity contribution in [3.05, 3.63) is 65.3 Å². The number of anilines is 1. The smallest absolute Gasteiger partial charge is 0.291 e. The van der Waals surface area contributed by atoms with Crippen LogP contribution in [-0.2, 0) is 11.3 Å². The summed E-state index contributed by atoms with van der Waals surface area (Å²) in [6, 6.07) is 12.2. The van der Waals surface area contributed by atoms with Gasteiger partial charge in [0.05, 0.1) is 17.7 Å². The van der Waals surface area contributed by atoms with Crippen molar-refractivity contribution in [3.63, 3.8) is 0 Å². The molecule has 162 valence electrons. The van der Waals surface area contributed by atoms with Crippen LogP contribution in [0.5, 0.6) is 5.75 Å². The number of carbonyl (C=O) groups excluding carboxylic acids is 2. The molecule has 0 aliphatic carbocycles. The quantitative estimate of drug-likeness (QED) is 0.490. The van der Waals surface area contributed by atoms with E-state index in [4.69, 9.17) is 16.3 Å². The number of amides is 2. The maximum absolute atomic E-state index is 13.0. The number of nitrogens with zero attached hydrogens (tertiary/aromatic N) is 5. The van der Waals surface area contributed by atoms with Crippen molar-refractivity contribution in [2.45, 2.75) is 12.6 Å². The monoisotopic (exact) mass is 451 g/mol. The summed E-state index contributed by atoms with van der Waals surface area (Å²) in [5, 5.41) is 14.7. The number of benzene rings is 2. The van der Waals surface area contributed by atoms with Gasteiger partial charge in [0, 0.05) is 18.5 Å². The van der Waals surface area contributed by atoms with E-state index in [2.05, 4.69) is 25.6 Å². The molecule has 0 spiro atoms. The van der Waals surface area contributed by atoms with Gasteiger partial charge in [0.25, 0.3) is 11.8 Å². The minimum atomic E-state index is -0.912. The minimum Gasteiger partial charge on any atom is -0.489 e. The van der Waals surface area contributed by atoms with E-state index >= 15 is 0 Å². The highest BCUT2D eigenvalue weighted by molar-refractivity contribution is 6.34. The van der Waals surface area contributed by atoms with Crippen molar-refractivity contribution in [1.82, 2.24) is 30.3 Å². The van der Waals surface area contributed by atoms with Gasteiger partial charge in [0.2, 0.25) is 5.82 Å². The van der Waals surface area contributed by atoms with E-state index in [0.717, 1.165) is 5.56 Å². The summed E-state index contributed by atoms with van der Waals surface area (Å²) in [7, 11) is 1.61. The Labute approximate surface area is 187 Å². The number of H-pyrrole nitrogens is 1. The molecule has 1 atom stereocenters. The lowest BCUT2D eigenvalue weighted by Crippen LogP contribution is -2.49. The number of hydrogen-bond acceptors (Lipinski definition) is 6. The second-order valence-corrected chi connectivity index (χ2v) is 7.74. The minimum absolute atomic E-state index is 0.0247. The Bertz CT molecular complexity index is 1320. The average molecular weight is 452 g/mol. The van der Waals surface area contributed by atoms with Crippen LogP contribution in [-0.4, -0.2) is 56.5 Å². The molecular formula is C21H18ClN7O3. The maximum Gasteiger partial charge on any atom is 0.291 e. The van der Waals surface area contributed by atoms with Gasteiger partial charge in [-0.15, -0.1) is 5.10 Å². The van der Waals surface area contributed by atoms with Crippen LogP contribution >= 0.6 is 11.6 Å². The van der Waals surface area contributed by atoms with Crippen molar-refractivity contribution in [2.24, 2.45) is 0 Å². The highest BCUT2D eigenvalue weighted by Gasteiger charge is 2.32. The van der Waals surface area contributed by atoms with Crippen LogP contribution in [0.1, 0.15) is 16.2 Å². The number of aromatic amines is 1. The third kappa shape index (κ3) is 3.65. The SMILES string of the molecule is CN1C(=O)[C@@H](NC(=O)c2ncn(Cc3ccccc3)n2)COc2cc3n[nH]c(Cl)c3cc21. The summed E-state index contributed by atoms with van der Waals surface area (Å²) < 4.78 is 7.39. The highest BCUT2D eigenvalue weighted by atomic mass is 35.5. The zero-order valence-electron chi connectivity index (χ0n) is 16.9. The number of ether oxygens (including phenoxy) is 1. The lowest BCUT2D eigenvalue weighted by atomic mass is 10.2. The molecule has 0 bridgehead atoms. The van der Waals surface area contributed by atoms with Crippen LogP contribution in [0.4, 0.5) is 5.69 Å². The van der Waals surface area contributed by atoms with Crippen molar-refractivity contribution in [1.29, 1.82) is 0 Å². The largest absolute Gasteiger partial charge is 0.489 e. The molecule has 0 saturated carbocycles. The van der Waals surface area contributed by atoms with Gasteiger partial charge in [0.1, 0.15) is 29.9 Å². The first-order chi connectivity index (χ1) is 15.5. The molecule has 0 unspecified atom stereocenters. The Hall–Kier alpha value is -3.92. The van der Waals surface area contributed by atoms with E-state index in [1.54, 1.807) is 23.9 Å². The van der Waals surface area contributed by atoms with Crippen molar-refractivity contribution in [2.75, 3.05) is 18.6 Å². The van der Waals surface area contributed by atoms with Gasteiger partial charge < -0.3 is 15.0 Å². The molecule has 3 heterocycles. The molecule has 2 aromatic carbocycles. The summed E-state index contributed by atoms with van der Waals surface area (Å²) in [4.78, 5) is 31.2. The molecule has 1 aliphatic heterocycles. The Balaban J connectivity index is 1.32. The summed E-state index contributed by atoms with van der Waals surface area (Å²) in [6.07, 6.45) is 1.48. The van der Waals surface area contributed by atoms with Crippen LogP contribution in [0.25, 0.3) is 10.9 Å². The topological polar surface area (TPSA) is 118 Å². The van der Waals surface area contributed by atoms with Gasteiger partial charge in [0.15, 0.2) is 0 Å². The summed E-state index contributed by atoms with van der Waals surface area (Å²) >= 11 is 6.12. The first kappa shape index (κ1) is 20.0. The third-order valence-corrected chi connectivity index (χ3v) is 5.50. The Morgan fingerprint density at radius 1 is 1.31 bits per heavy atom. The number of aromatic nitrogens is 5. The van der Waals surface area contributed by atoms with Crippen LogP contribution in [0.2, 0.25) is 5.15 Å². The van der Waals surface area contributed by atoms with E-state index in [0.29, 0.717) is 34.0 Å². The molecule has 4 aromatic rings. The lowest BCUT2D eigenvalue weighted by molar-refractivity contribution is -0.120. The number of likely N-dealkylation sites (N-methyl/N-ethyl adjacent to an activating group) is 1. The van der Waals surface area contributed by atoms with Gasteiger partial charge >= 0.3 is 0 Å². The number of nitrogens with one attached hydrogen (secondary N) is 2. The van der Waals surface area contributed by atoms with Crippen LogP contribution < -0.4 is 15.0 Å². The predicted octanol–water partition coefficient (Wildman–Crippen LogP) is 2.01. The second-order valence-electron chi connectivity index (χ2n) is 7.36. The van der Waals surface area contributed by atoms with Crippen LogP contribution in [0.3, 0.4) is 0 Å². The van der Waals surface area contributed by atoms with E-state index < -0.39 is 11.9 Å². The fourth-order valence-electron chi connectivity index (χ4n) is 3.54. The van der Waals surface area contributed by atoms with Gasteiger partial charge in [-0.1, -0.05) is 41.9 Å². The van der Waals surface area contributed by atoms with Crippen LogP contribution in [0.15, 0.2) is 48.8 Å². The molecule has 0 radical (unpaired) electrons. The molecule has 0 fully saturated rings. The fourth-order valence-corrected chi connectivity index (χ4v) is 3.74. The van der Waals surface area contributed by atoms with E-state index in [9.17, 15) is 9.59 Å². The summed E-state index contributed by atoms with van der Waals surface area (Å²) in [5.41, 5.74) is 2.18.